The van der Waals surface area contributed by atoms with Crippen molar-refractivity contribution in [1.29, 1.82) is 0 Å². The van der Waals surface area contributed by atoms with Gasteiger partial charge in [0.25, 0.3) is 5.91 Å². The summed E-state index contributed by atoms with van der Waals surface area (Å²) in [5, 5.41) is 6.79. The average molecular weight is 558 g/mol. The highest BCUT2D eigenvalue weighted by Crippen LogP contribution is 2.45. The SMILES string of the molecule is CN(C)c1ccc(C=C2CCCC3C2=NN(C(=O)c2cccc(Br)c2)C3c2ccc(N(C)C)cc2)cc1. The molecule has 2 aliphatic rings. The normalized spacial score (nSPS) is 20.0. The fourth-order valence-electron chi connectivity index (χ4n) is 5.29. The minimum atomic E-state index is -0.127. The summed E-state index contributed by atoms with van der Waals surface area (Å²) in [5.74, 6) is 0.0990. The maximum atomic E-state index is 13.8. The van der Waals surface area contributed by atoms with Gasteiger partial charge in [-0.3, -0.25) is 4.79 Å². The summed E-state index contributed by atoms with van der Waals surface area (Å²) < 4.78 is 0.885. The van der Waals surface area contributed by atoms with Crippen molar-refractivity contribution >= 4 is 45.0 Å². The summed E-state index contributed by atoms with van der Waals surface area (Å²) in [4.78, 5) is 18.0. The lowest BCUT2D eigenvalue weighted by Gasteiger charge is -2.30. The third kappa shape index (κ3) is 5.21. The molecule has 1 amide bonds. The molecule has 0 saturated heterocycles. The van der Waals surface area contributed by atoms with Crippen molar-refractivity contribution in [3.05, 3.63) is 99.5 Å². The number of carbonyl (C=O) groups excluding carboxylic acids is 1. The van der Waals surface area contributed by atoms with E-state index in [4.69, 9.17) is 5.10 Å². The molecule has 1 aliphatic carbocycles. The van der Waals surface area contributed by atoms with Gasteiger partial charge < -0.3 is 9.80 Å². The number of allylic oxidation sites excluding steroid dienone is 1. The Kier molecular flexibility index (Phi) is 7.20. The average Bonchev–Trinajstić information content (AvgIpc) is 3.29. The molecule has 190 valence electrons. The van der Waals surface area contributed by atoms with Gasteiger partial charge in [0, 0.05) is 55.5 Å². The van der Waals surface area contributed by atoms with Crippen LogP contribution in [0.5, 0.6) is 0 Å². The Bertz CT molecular complexity index is 1340. The molecule has 0 spiro atoms. The van der Waals surface area contributed by atoms with E-state index in [2.05, 4.69) is 94.4 Å². The lowest BCUT2D eigenvalue weighted by Crippen LogP contribution is -2.32. The predicted molar refractivity (Wildman–Crippen MR) is 157 cm³/mol. The van der Waals surface area contributed by atoms with E-state index in [1.165, 1.54) is 11.3 Å². The number of anilines is 2. The first-order chi connectivity index (χ1) is 17.8. The summed E-state index contributed by atoms with van der Waals surface area (Å²) in [7, 11) is 8.18. The van der Waals surface area contributed by atoms with Crippen molar-refractivity contribution in [2.75, 3.05) is 38.0 Å². The first-order valence-electron chi connectivity index (χ1n) is 12.7. The van der Waals surface area contributed by atoms with Crippen molar-refractivity contribution in [1.82, 2.24) is 5.01 Å². The van der Waals surface area contributed by atoms with E-state index >= 15 is 0 Å². The van der Waals surface area contributed by atoms with Gasteiger partial charge in [0.1, 0.15) is 0 Å². The number of hydrogen-bond donors (Lipinski definition) is 0. The lowest BCUT2D eigenvalue weighted by atomic mass is 9.77. The van der Waals surface area contributed by atoms with E-state index < -0.39 is 0 Å². The maximum Gasteiger partial charge on any atom is 0.274 e. The van der Waals surface area contributed by atoms with Gasteiger partial charge in [-0.1, -0.05) is 46.3 Å². The van der Waals surface area contributed by atoms with Crippen LogP contribution in [0.1, 0.15) is 46.8 Å². The van der Waals surface area contributed by atoms with Gasteiger partial charge in [-0.15, -0.1) is 0 Å². The molecule has 5 nitrogen and oxygen atoms in total. The molecule has 0 aromatic heterocycles. The van der Waals surface area contributed by atoms with Crippen LogP contribution in [0.15, 0.2) is 87.9 Å². The number of nitrogens with zero attached hydrogens (tertiary/aromatic N) is 4. The minimum absolute atomic E-state index is 0.0698. The van der Waals surface area contributed by atoms with Gasteiger partial charge in [0.05, 0.1) is 11.8 Å². The number of benzene rings is 3. The zero-order valence-electron chi connectivity index (χ0n) is 21.9. The molecule has 1 heterocycles. The van der Waals surface area contributed by atoms with Crippen LogP contribution in [0.2, 0.25) is 0 Å². The number of fused-ring (bicyclic) bond motifs is 1. The Morgan fingerprint density at radius 3 is 2.22 bits per heavy atom. The van der Waals surface area contributed by atoms with E-state index in [0.29, 0.717) is 5.56 Å². The van der Waals surface area contributed by atoms with Gasteiger partial charge in [-0.25, -0.2) is 5.01 Å². The second kappa shape index (κ2) is 10.5. The Morgan fingerprint density at radius 2 is 1.59 bits per heavy atom. The van der Waals surface area contributed by atoms with E-state index in [-0.39, 0.29) is 17.9 Å². The highest BCUT2D eigenvalue weighted by Gasteiger charge is 2.44. The van der Waals surface area contributed by atoms with E-state index in [1.54, 1.807) is 5.01 Å². The van der Waals surface area contributed by atoms with Crippen molar-refractivity contribution < 1.29 is 4.79 Å². The van der Waals surface area contributed by atoms with Crippen molar-refractivity contribution in [3.8, 4) is 0 Å². The third-order valence-corrected chi connectivity index (χ3v) is 7.78. The molecule has 5 rings (SSSR count). The largest absolute Gasteiger partial charge is 0.378 e. The van der Waals surface area contributed by atoms with E-state index in [1.807, 2.05) is 38.4 Å². The number of hydrogen-bond acceptors (Lipinski definition) is 4. The molecule has 2 atom stereocenters. The van der Waals surface area contributed by atoms with Crippen molar-refractivity contribution in [2.24, 2.45) is 11.0 Å². The van der Waals surface area contributed by atoms with Crippen LogP contribution in [-0.2, 0) is 0 Å². The van der Waals surface area contributed by atoms with Crippen LogP contribution < -0.4 is 9.80 Å². The zero-order valence-corrected chi connectivity index (χ0v) is 23.4. The smallest absolute Gasteiger partial charge is 0.274 e. The lowest BCUT2D eigenvalue weighted by molar-refractivity contribution is 0.0681. The number of hydrazone groups is 1. The molecule has 2 unspecified atom stereocenters. The van der Waals surface area contributed by atoms with Gasteiger partial charge in [-0.05, 0) is 84.5 Å². The van der Waals surface area contributed by atoms with Gasteiger partial charge in [-0.2, -0.15) is 5.10 Å². The molecule has 37 heavy (non-hydrogen) atoms. The number of rotatable bonds is 5. The molecule has 6 heteroatoms. The first-order valence-corrected chi connectivity index (χ1v) is 13.5. The van der Waals surface area contributed by atoms with Gasteiger partial charge >= 0.3 is 0 Å². The number of amides is 1. The zero-order chi connectivity index (χ0) is 26.1. The first kappa shape index (κ1) is 25.3. The van der Waals surface area contributed by atoms with E-state index in [9.17, 15) is 4.79 Å². The molecule has 1 saturated carbocycles. The van der Waals surface area contributed by atoms with Crippen molar-refractivity contribution in [2.45, 2.75) is 25.3 Å². The van der Waals surface area contributed by atoms with Gasteiger partial charge in [0.2, 0.25) is 0 Å². The second-order valence-electron chi connectivity index (χ2n) is 10.2. The standard InChI is InChI=1S/C31H33BrN4O/c1-34(2)26-15-11-21(12-16-26)19-23-7-6-10-28-29(23)33-36(31(37)24-8-5-9-25(32)20-24)30(28)22-13-17-27(18-14-22)35(3)4/h5,8-9,11-20,28,30H,6-7,10H2,1-4H3. The van der Waals surface area contributed by atoms with Crippen LogP contribution >= 0.6 is 15.9 Å². The Hall–Kier alpha value is -3.38. The third-order valence-electron chi connectivity index (χ3n) is 7.28. The second-order valence-corrected chi connectivity index (χ2v) is 11.1. The molecular weight excluding hydrogens is 524 g/mol. The Labute approximate surface area is 228 Å². The van der Waals surface area contributed by atoms with Crippen LogP contribution in [0, 0.1) is 5.92 Å². The molecule has 3 aromatic rings. The Morgan fingerprint density at radius 1 is 0.946 bits per heavy atom. The number of halogens is 1. The fourth-order valence-corrected chi connectivity index (χ4v) is 5.69. The molecule has 1 aliphatic heterocycles. The molecule has 0 radical (unpaired) electrons. The molecular formula is C31H33BrN4O. The predicted octanol–water partition coefficient (Wildman–Crippen LogP) is 7.02. The monoisotopic (exact) mass is 556 g/mol. The Balaban J connectivity index is 1.55. The van der Waals surface area contributed by atoms with Crippen LogP contribution in [-0.4, -0.2) is 44.8 Å². The van der Waals surface area contributed by atoms with E-state index in [0.717, 1.165) is 46.3 Å². The van der Waals surface area contributed by atoms with Crippen LogP contribution in [0.25, 0.3) is 6.08 Å². The fraction of sp³-hybridized carbons (Fsp3) is 0.290. The highest BCUT2D eigenvalue weighted by atomic mass is 79.9. The summed E-state index contributed by atoms with van der Waals surface area (Å²) >= 11 is 3.52. The highest BCUT2D eigenvalue weighted by molar-refractivity contribution is 9.10. The van der Waals surface area contributed by atoms with Crippen LogP contribution in [0.3, 0.4) is 0 Å². The molecule has 3 aromatic carbocycles. The minimum Gasteiger partial charge on any atom is -0.378 e. The molecule has 0 N–H and O–H groups in total. The maximum absolute atomic E-state index is 13.8. The van der Waals surface area contributed by atoms with Crippen LogP contribution in [0.4, 0.5) is 11.4 Å². The summed E-state index contributed by atoms with van der Waals surface area (Å²) in [6.45, 7) is 0. The quantitative estimate of drug-likeness (QED) is 0.339. The summed E-state index contributed by atoms with van der Waals surface area (Å²) in [6, 6.07) is 24.6. The number of carbonyl (C=O) groups is 1. The van der Waals surface area contributed by atoms with Gasteiger partial charge in [0.15, 0.2) is 0 Å². The molecule has 1 fully saturated rings. The summed E-state index contributed by atoms with van der Waals surface area (Å²) in [6.07, 6.45) is 5.31. The van der Waals surface area contributed by atoms with Crippen molar-refractivity contribution in [3.63, 3.8) is 0 Å². The molecule has 0 bridgehead atoms. The summed E-state index contributed by atoms with van der Waals surface area (Å²) in [5.41, 5.74) is 7.51. The topological polar surface area (TPSA) is 39.1 Å².